The fourth-order valence-electron chi connectivity index (χ4n) is 1.66. The molecule has 1 saturated heterocycles. The van der Waals surface area contributed by atoms with Crippen LogP contribution >= 0.6 is 0 Å². The molecule has 1 aromatic heterocycles. The summed E-state index contributed by atoms with van der Waals surface area (Å²) >= 11 is 0. The second-order valence-corrected chi connectivity index (χ2v) is 4.24. The zero-order valence-corrected chi connectivity index (χ0v) is 10.5. The van der Waals surface area contributed by atoms with E-state index < -0.39 is 35.6 Å². The van der Waals surface area contributed by atoms with Gasteiger partial charge in [-0.2, -0.15) is 0 Å². The topological polar surface area (TPSA) is 119 Å². The Balaban J connectivity index is 2.11. The first-order chi connectivity index (χ1) is 9.38. The van der Waals surface area contributed by atoms with Gasteiger partial charge in [-0.1, -0.05) is 0 Å². The molecule has 106 valence electrons. The van der Waals surface area contributed by atoms with E-state index in [0.29, 0.717) is 5.06 Å². The van der Waals surface area contributed by atoms with E-state index in [-0.39, 0.29) is 18.4 Å². The smallest absolute Gasteiger partial charge is 0.328 e. The van der Waals surface area contributed by atoms with Crippen LogP contribution in [0.5, 0.6) is 0 Å². The lowest BCUT2D eigenvalue weighted by molar-refractivity contribution is -0.198. The molecule has 0 aliphatic carbocycles. The van der Waals surface area contributed by atoms with Crippen LogP contribution in [0, 0.1) is 6.92 Å². The maximum Gasteiger partial charge on any atom is 0.352 e. The molecule has 1 fully saturated rings. The Morgan fingerprint density at radius 2 is 1.85 bits per heavy atom. The second-order valence-electron chi connectivity index (χ2n) is 4.24. The number of aromatic nitrogens is 2. The molecular formula is C11H11N3O6. The summed E-state index contributed by atoms with van der Waals surface area (Å²) in [5.41, 5.74) is -1.09. The summed E-state index contributed by atoms with van der Waals surface area (Å²) in [6, 6.07) is 0. The number of nitrogens with one attached hydrogen (secondary N) is 1. The Bertz CT molecular complexity index is 685. The highest BCUT2D eigenvalue weighted by molar-refractivity contribution is 6.01. The van der Waals surface area contributed by atoms with Gasteiger partial charge in [-0.25, -0.2) is 9.59 Å². The number of rotatable bonds is 3. The zero-order chi connectivity index (χ0) is 14.9. The highest BCUT2D eigenvalue weighted by Crippen LogP contribution is 2.12. The summed E-state index contributed by atoms with van der Waals surface area (Å²) in [6.45, 7) is 0.946. The first kappa shape index (κ1) is 13.7. The van der Waals surface area contributed by atoms with Crippen LogP contribution in [-0.4, -0.2) is 32.4 Å². The molecule has 0 unspecified atom stereocenters. The molecule has 0 saturated carbocycles. The molecule has 1 aliphatic heterocycles. The number of hydroxylamine groups is 2. The zero-order valence-electron chi connectivity index (χ0n) is 10.5. The summed E-state index contributed by atoms with van der Waals surface area (Å²) in [5.74, 6) is -2.16. The minimum Gasteiger partial charge on any atom is -0.328 e. The largest absolute Gasteiger partial charge is 0.352 e. The lowest BCUT2D eigenvalue weighted by atomic mass is 10.4. The molecule has 2 rings (SSSR count). The van der Waals surface area contributed by atoms with Gasteiger partial charge in [-0.3, -0.25) is 23.9 Å². The number of aromatic amines is 1. The maximum absolute atomic E-state index is 11.6. The molecule has 0 atom stereocenters. The molecule has 9 nitrogen and oxygen atoms in total. The van der Waals surface area contributed by atoms with Crippen LogP contribution in [-0.2, 0) is 25.8 Å². The summed E-state index contributed by atoms with van der Waals surface area (Å²) in [4.78, 5) is 63.3. The Kier molecular flexibility index (Phi) is 3.51. The van der Waals surface area contributed by atoms with Gasteiger partial charge >= 0.3 is 11.7 Å². The van der Waals surface area contributed by atoms with Crippen molar-refractivity contribution in [2.45, 2.75) is 26.3 Å². The van der Waals surface area contributed by atoms with E-state index in [4.69, 9.17) is 0 Å². The van der Waals surface area contributed by atoms with Crippen LogP contribution in [0.3, 0.4) is 0 Å². The maximum atomic E-state index is 11.6. The fraction of sp³-hybridized carbons (Fsp3) is 0.364. The molecule has 1 aliphatic rings. The minimum absolute atomic E-state index is 0.0101. The van der Waals surface area contributed by atoms with Crippen molar-refractivity contribution in [1.29, 1.82) is 0 Å². The van der Waals surface area contributed by atoms with E-state index in [1.165, 1.54) is 13.1 Å². The third-order valence-corrected chi connectivity index (χ3v) is 2.69. The van der Waals surface area contributed by atoms with Crippen molar-refractivity contribution >= 4 is 17.8 Å². The van der Waals surface area contributed by atoms with E-state index in [1.54, 1.807) is 0 Å². The third-order valence-electron chi connectivity index (χ3n) is 2.69. The molecule has 2 heterocycles. The number of carbonyl (C=O) groups excluding carboxylic acids is 3. The van der Waals surface area contributed by atoms with Crippen LogP contribution in [0.4, 0.5) is 0 Å². The molecule has 0 spiro atoms. The van der Waals surface area contributed by atoms with Gasteiger partial charge in [0.1, 0.15) is 6.54 Å². The Hall–Kier alpha value is -2.71. The van der Waals surface area contributed by atoms with Crippen LogP contribution in [0.15, 0.2) is 15.8 Å². The van der Waals surface area contributed by atoms with Gasteiger partial charge in [0.2, 0.25) is 0 Å². The third kappa shape index (κ3) is 2.66. The highest BCUT2D eigenvalue weighted by atomic mass is 16.7. The van der Waals surface area contributed by atoms with Crippen molar-refractivity contribution in [2.75, 3.05) is 0 Å². The monoisotopic (exact) mass is 281 g/mol. The molecule has 0 radical (unpaired) electrons. The van der Waals surface area contributed by atoms with Crippen molar-refractivity contribution in [1.82, 2.24) is 14.6 Å². The Morgan fingerprint density at radius 3 is 2.45 bits per heavy atom. The molecular weight excluding hydrogens is 270 g/mol. The van der Waals surface area contributed by atoms with Gasteiger partial charge in [0.05, 0.1) is 0 Å². The normalized spacial score (nSPS) is 14.8. The number of carbonyl (C=O) groups is 3. The second kappa shape index (κ2) is 5.11. The van der Waals surface area contributed by atoms with E-state index in [1.807, 2.05) is 4.98 Å². The van der Waals surface area contributed by atoms with Crippen LogP contribution in [0.25, 0.3) is 0 Å². The van der Waals surface area contributed by atoms with Crippen molar-refractivity contribution in [3.8, 4) is 0 Å². The van der Waals surface area contributed by atoms with E-state index in [9.17, 15) is 24.0 Å². The van der Waals surface area contributed by atoms with Crippen LogP contribution in [0.1, 0.15) is 18.4 Å². The Labute approximate surface area is 111 Å². The molecule has 2 amide bonds. The minimum atomic E-state index is -0.956. The quantitative estimate of drug-likeness (QED) is 0.670. The van der Waals surface area contributed by atoms with Crippen LogP contribution < -0.4 is 11.2 Å². The van der Waals surface area contributed by atoms with Gasteiger partial charge in [0, 0.05) is 24.6 Å². The number of hydrogen-bond acceptors (Lipinski definition) is 6. The lowest BCUT2D eigenvalue weighted by Gasteiger charge is -2.13. The highest BCUT2D eigenvalue weighted by Gasteiger charge is 2.32. The molecule has 1 N–H and O–H groups in total. The summed E-state index contributed by atoms with van der Waals surface area (Å²) in [5, 5.41) is 0.395. The lowest BCUT2D eigenvalue weighted by Crippen LogP contribution is -2.37. The number of H-pyrrole nitrogens is 1. The average Bonchev–Trinajstić information content (AvgIpc) is 2.68. The number of aryl methyl sites for hydroxylation is 1. The van der Waals surface area contributed by atoms with Crippen molar-refractivity contribution < 1.29 is 19.2 Å². The van der Waals surface area contributed by atoms with Crippen molar-refractivity contribution in [3.05, 3.63) is 32.6 Å². The van der Waals surface area contributed by atoms with Gasteiger partial charge in [-0.15, -0.1) is 5.06 Å². The standard InChI is InChI=1S/C11H11N3O6/c1-6-4-13(11(19)12-10(6)18)5-9(17)20-14-7(15)2-3-8(14)16/h4H,2-3,5H2,1H3,(H,12,18,19). The Morgan fingerprint density at radius 1 is 1.25 bits per heavy atom. The molecule has 20 heavy (non-hydrogen) atoms. The summed E-state index contributed by atoms with van der Waals surface area (Å²) < 4.78 is 0.921. The summed E-state index contributed by atoms with van der Waals surface area (Å²) in [7, 11) is 0. The van der Waals surface area contributed by atoms with Gasteiger partial charge in [0.15, 0.2) is 0 Å². The van der Waals surface area contributed by atoms with Crippen LogP contribution in [0.2, 0.25) is 0 Å². The van der Waals surface area contributed by atoms with Gasteiger partial charge in [0.25, 0.3) is 17.4 Å². The van der Waals surface area contributed by atoms with Crippen molar-refractivity contribution in [2.24, 2.45) is 0 Å². The fourth-order valence-corrected chi connectivity index (χ4v) is 1.66. The van der Waals surface area contributed by atoms with E-state index in [2.05, 4.69) is 4.84 Å². The molecule has 0 bridgehead atoms. The number of nitrogens with zero attached hydrogens (tertiary/aromatic N) is 2. The molecule has 0 aromatic carbocycles. The first-order valence-corrected chi connectivity index (χ1v) is 5.75. The SMILES string of the molecule is Cc1cn(CC(=O)ON2C(=O)CCC2=O)c(=O)[nH]c1=O. The molecule has 1 aromatic rings. The first-order valence-electron chi connectivity index (χ1n) is 5.75. The summed E-state index contributed by atoms with van der Waals surface area (Å²) in [6.07, 6.45) is 1.17. The predicted octanol–water partition coefficient (Wildman–Crippen LogP) is -1.55. The number of imide groups is 1. The molecule has 9 heteroatoms. The van der Waals surface area contributed by atoms with E-state index in [0.717, 1.165) is 4.57 Å². The number of amides is 2. The number of hydrogen-bond donors (Lipinski definition) is 1. The van der Waals surface area contributed by atoms with Gasteiger partial charge < -0.3 is 4.84 Å². The average molecular weight is 281 g/mol. The predicted molar refractivity (Wildman–Crippen MR) is 63.2 cm³/mol. The van der Waals surface area contributed by atoms with Crippen molar-refractivity contribution in [3.63, 3.8) is 0 Å². The van der Waals surface area contributed by atoms with Gasteiger partial charge in [-0.05, 0) is 6.92 Å². The van der Waals surface area contributed by atoms with E-state index >= 15 is 0 Å².